The second-order valence-electron chi connectivity index (χ2n) is 6.73. The van der Waals surface area contributed by atoms with Crippen molar-refractivity contribution in [3.63, 3.8) is 0 Å². The Balaban J connectivity index is 1.96. The lowest BCUT2D eigenvalue weighted by Crippen LogP contribution is -2.28. The van der Waals surface area contributed by atoms with Gasteiger partial charge in [-0.3, -0.25) is 0 Å². The predicted octanol–water partition coefficient (Wildman–Crippen LogP) is 4.53. The Morgan fingerprint density at radius 2 is 1.57 bits per heavy atom. The average Bonchev–Trinajstić information content (AvgIpc) is 3.08. The maximum Gasteiger partial charge on any atom is 0.123 e. The van der Waals surface area contributed by atoms with Crippen LogP contribution in [0.1, 0.15) is 11.6 Å². The summed E-state index contributed by atoms with van der Waals surface area (Å²) in [7, 11) is 0. The Labute approximate surface area is 161 Å². The van der Waals surface area contributed by atoms with E-state index in [0.29, 0.717) is 11.1 Å². The highest BCUT2D eigenvalue weighted by Crippen LogP contribution is 2.35. The molecule has 0 radical (unpaired) electrons. The number of fused-ring (bicyclic) bond motifs is 1. The summed E-state index contributed by atoms with van der Waals surface area (Å²) in [5, 5.41) is 21.0. The van der Waals surface area contributed by atoms with Crippen LogP contribution in [0.15, 0.2) is 79.0 Å². The van der Waals surface area contributed by atoms with Gasteiger partial charge in [-0.15, -0.1) is 0 Å². The van der Waals surface area contributed by atoms with Crippen molar-refractivity contribution in [3.05, 3.63) is 96.2 Å². The second-order valence-corrected chi connectivity index (χ2v) is 6.73. The van der Waals surface area contributed by atoms with E-state index in [1.165, 1.54) is 24.3 Å². The Kier molecular flexibility index (Phi) is 4.94. The monoisotopic (exact) mass is 379 g/mol. The normalized spacial score (nSPS) is 13.6. The van der Waals surface area contributed by atoms with Crippen molar-refractivity contribution in [2.24, 2.45) is 0 Å². The molecule has 142 valence electrons. The van der Waals surface area contributed by atoms with Crippen molar-refractivity contribution in [1.82, 2.24) is 4.57 Å². The number of halogens is 2. The van der Waals surface area contributed by atoms with E-state index in [-0.39, 0.29) is 5.82 Å². The molecule has 0 aliphatic heterocycles. The zero-order valence-corrected chi connectivity index (χ0v) is 15.0. The third-order valence-corrected chi connectivity index (χ3v) is 4.92. The third kappa shape index (κ3) is 3.30. The van der Waals surface area contributed by atoms with Gasteiger partial charge in [-0.05, 0) is 41.5 Å². The number of hydrogen-bond donors (Lipinski definition) is 2. The lowest BCUT2D eigenvalue weighted by Gasteiger charge is -2.25. The fourth-order valence-corrected chi connectivity index (χ4v) is 3.68. The van der Waals surface area contributed by atoms with Gasteiger partial charge in [0.2, 0.25) is 0 Å². The molecule has 0 saturated carbocycles. The molecule has 0 bridgehead atoms. The van der Waals surface area contributed by atoms with Crippen LogP contribution in [-0.4, -0.2) is 27.5 Å². The highest BCUT2D eigenvalue weighted by atomic mass is 19.1. The zero-order chi connectivity index (χ0) is 19.7. The molecule has 0 unspecified atom stereocenters. The van der Waals surface area contributed by atoms with Gasteiger partial charge in [-0.1, -0.05) is 42.5 Å². The number of aliphatic hydroxyl groups excluding tert-OH is 2. The molecule has 4 aromatic rings. The highest BCUT2D eigenvalue weighted by molar-refractivity contribution is 5.96. The minimum atomic E-state index is -1.14. The number of benzene rings is 3. The van der Waals surface area contributed by atoms with Gasteiger partial charge < -0.3 is 14.8 Å². The third-order valence-electron chi connectivity index (χ3n) is 4.92. The fraction of sp³-hybridized carbons (Fsp3) is 0.130. The summed E-state index contributed by atoms with van der Waals surface area (Å²) >= 11 is 0. The van der Waals surface area contributed by atoms with E-state index in [9.17, 15) is 19.0 Å². The number of aliphatic hydroxyl groups is 2. The van der Waals surface area contributed by atoms with Crippen LogP contribution in [0.25, 0.3) is 22.0 Å². The molecule has 0 aliphatic carbocycles. The molecule has 0 aliphatic rings. The first-order chi connectivity index (χ1) is 13.6. The first-order valence-electron chi connectivity index (χ1n) is 8.98. The smallest absolute Gasteiger partial charge is 0.123 e. The fourth-order valence-electron chi connectivity index (χ4n) is 3.68. The van der Waals surface area contributed by atoms with Gasteiger partial charge in [0.05, 0.1) is 12.6 Å². The summed E-state index contributed by atoms with van der Waals surface area (Å²) in [4.78, 5) is 0. The van der Waals surface area contributed by atoms with E-state index < -0.39 is 24.6 Å². The van der Waals surface area contributed by atoms with E-state index in [4.69, 9.17) is 0 Å². The molecule has 1 aromatic heterocycles. The van der Waals surface area contributed by atoms with E-state index in [2.05, 4.69) is 0 Å². The summed E-state index contributed by atoms with van der Waals surface area (Å²) in [6.45, 7) is -0.483. The number of hydrogen-bond acceptors (Lipinski definition) is 2. The van der Waals surface area contributed by atoms with Crippen LogP contribution in [0.2, 0.25) is 0 Å². The molecule has 4 rings (SSSR count). The largest absolute Gasteiger partial charge is 0.394 e. The molecule has 28 heavy (non-hydrogen) atoms. The molecule has 0 fully saturated rings. The summed E-state index contributed by atoms with van der Waals surface area (Å²) in [6, 6.07) is 19.1. The molecule has 0 spiro atoms. The molecular weight excluding hydrogens is 360 g/mol. The number of rotatable bonds is 5. The molecule has 5 heteroatoms. The van der Waals surface area contributed by atoms with Gasteiger partial charge in [0, 0.05) is 22.7 Å². The second kappa shape index (κ2) is 7.54. The van der Waals surface area contributed by atoms with Gasteiger partial charge in [0.15, 0.2) is 0 Å². The Hall–Kier alpha value is -3.02. The standard InChI is InChI=1S/C23H19F2NO2/c24-17-7-3-5-15(11-17)20-13-26(21-10-2-1-9-19(20)21)23(22(28)14-27)16-6-4-8-18(25)12-16/h1-13,22-23,27-28H,14H2/t22-,23+/m1/s1. The number of para-hydroxylation sites is 1. The van der Waals surface area contributed by atoms with Crippen molar-refractivity contribution in [2.75, 3.05) is 6.61 Å². The Morgan fingerprint density at radius 3 is 2.29 bits per heavy atom. The minimum absolute atomic E-state index is 0.341. The van der Waals surface area contributed by atoms with Gasteiger partial charge >= 0.3 is 0 Å². The van der Waals surface area contributed by atoms with Gasteiger partial charge in [0.25, 0.3) is 0 Å². The Bertz CT molecular complexity index is 1120. The lowest BCUT2D eigenvalue weighted by molar-refractivity contribution is 0.0653. The number of nitrogens with zero attached hydrogens (tertiary/aromatic N) is 1. The molecule has 3 aromatic carbocycles. The van der Waals surface area contributed by atoms with Crippen LogP contribution in [0.3, 0.4) is 0 Å². The molecule has 2 N–H and O–H groups in total. The summed E-state index contributed by atoms with van der Waals surface area (Å²) < 4.78 is 29.4. The molecule has 3 nitrogen and oxygen atoms in total. The van der Waals surface area contributed by atoms with Crippen molar-refractivity contribution >= 4 is 10.9 Å². The van der Waals surface area contributed by atoms with Crippen molar-refractivity contribution in [2.45, 2.75) is 12.1 Å². The Morgan fingerprint density at radius 1 is 0.857 bits per heavy atom. The lowest BCUT2D eigenvalue weighted by atomic mass is 10.0. The number of aromatic nitrogens is 1. The van der Waals surface area contributed by atoms with E-state index >= 15 is 0 Å². The van der Waals surface area contributed by atoms with Crippen LogP contribution >= 0.6 is 0 Å². The first-order valence-corrected chi connectivity index (χ1v) is 8.98. The van der Waals surface area contributed by atoms with Crippen LogP contribution in [0, 0.1) is 11.6 Å². The van der Waals surface area contributed by atoms with E-state index in [1.54, 1.807) is 18.2 Å². The maximum absolute atomic E-state index is 13.8. The van der Waals surface area contributed by atoms with Crippen molar-refractivity contribution in [3.8, 4) is 11.1 Å². The van der Waals surface area contributed by atoms with Crippen LogP contribution in [0.5, 0.6) is 0 Å². The SMILES string of the molecule is OC[C@@H](O)[C@H](c1cccc(F)c1)n1cc(-c2cccc(F)c2)c2ccccc21. The molecule has 2 atom stereocenters. The van der Waals surface area contributed by atoms with E-state index in [1.807, 2.05) is 41.1 Å². The van der Waals surface area contributed by atoms with Gasteiger partial charge in [-0.25, -0.2) is 8.78 Å². The van der Waals surface area contributed by atoms with E-state index in [0.717, 1.165) is 16.5 Å². The van der Waals surface area contributed by atoms with Gasteiger partial charge in [0.1, 0.15) is 17.7 Å². The zero-order valence-electron chi connectivity index (χ0n) is 15.0. The van der Waals surface area contributed by atoms with Crippen LogP contribution < -0.4 is 0 Å². The average molecular weight is 379 g/mol. The van der Waals surface area contributed by atoms with Gasteiger partial charge in [-0.2, -0.15) is 0 Å². The predicted molar refractivity (Wildman–Crippen MR) is 105 cm³/mol. The molecular formula is C23H19F2NO2. The summed E-state index contributed by atoms with van der Waals surface area (Å²) in [5.74, 6) is -0.763. The summed E-state index contributed by atoms with van der Waals surface area (Å²) in [6.07, 6.45) is 0.673. The summed E-state index contributed by atoms with van der Waals surface area (Å²) in [5.41, 5.74) is 2.82. The molecule has 0 amide bonds. The maximum atomic E-state index is 13.8. The molecule has 1 heterocycles. The first kappa shape index (κ1) is 18.3. The van der Waals surface area contributed by atoms with Crippen molar-refractivity contribution in [1.29, 1.82) is 0 Å². The van der Waals surface area contributed by atoms with Crippen LogP contribution in [-0.2, 0) is 0 Å². The quantitative estimate of drug-likeness (QED) is 0.535. The van der Waals surface area contributed by atoms with Crippen molar-refractivity contribution < 1.29 is 19.0 Å². The minimum Gasteiger partial charge on any atom is -0.394 e. The van der Waals surface area contributed by atoms with Crippen LogP contribution in [0.4, 0.5) is 8.78 Å². The topological polar surface area (TPSA) is 45.4 Å². The molecule has 0 saturated heterocycles. The highest BCUT2D eigenvalue weighted by Gasteiger charge is 2.25.